The van der Waals surface area contributed by atoms with Gasteiger partial charge < -0.3 is 5.11 Å². The standard InChI is InChI=1S/C9H11ClOS/c10-9-3-1-2-7(4-9)8(5-11)6-12/h1-4,8,11-12H,5-6H2. The van der Waals surface area contributed by atoms with E-state index < -0.39 is 0 Å². The summed E-state index contributed by atoms with van der Waals surface area (Å²) in [5.74, 6) is 0.726. The molecule has 0 aliphatic rings. The predicted molar refractivity (Wildman–Crippen MR) is 55.1 cm³/mol. The molecule has 1 rings (SSSR count). The highest BCUT2D eigenvalue weighted by Gasteiger charge is 2.07. The molecule has 1 N–H and O–H groups in total. The molecular formula is C9H11ClOS. The Morgan fingerprint density at radius 1 is 1.50 bits per heavy atom. The Balaban J connectivity index is 2.85. The molecule has 1 atom stereocenters. The second-order valence-electron chi connectivity index (χ2n) is 2.62. The molecule has 0 saturated carbocycles. The van der Waals surface area contributed by atoms with Crippen LogP contribution in [0.3, 0.4) is 0 Å². The average molecular weight is 203 g/mol. The van der Waals surface area contributed by atoms with Gasteiger partial charge in [0, 0.05) is 10.9 Å². The highest BCUT2D eigenvalue weighted by molar-refractivity contribution is 7.80. The Morgan fingerprint density at radius 2 is 2.25 bits per heavy atom. The van der Waals surface area contributed by atoms with Crippen molar-refractivity contribution in [2.45, 2.75) is 5.92 Å². The Bertz CT molecular complexity index is 248. The summed E-state index contributed by atoms with van der Waals surface area (Å²) in [6.45, 7) is 0.115. The van der Waals surface area contributed by atoms with Crippen LogP contribution in [0.4, 0.5) is 0 Å². The maximum Gasteiger partial charge on any atom is 0.0507 e. The summed E-state index contributed by atoms with van der Waals surface area (Å²) in [6, 6.07) is 7.50. The molecule has 0 saturated heterocycles. The van der Waals surface area contributed by atoms with E-state index in [1.807, 2.05) is 24.3 Å². The molecule has 0 radical (unpaired) electrons. The minimum absolute atomic E-state index is 0.0898. The van der Waals surface area contributed by atoms with Crippen LogP contribution in [0.5, 0.6) is 0 Å². The summed E-state index contributed by atoms with van der Waals surface area (Å²) < 4.78 is 0. The number of halogens is 1. The molecule has 0 fully saturated rings. The molecule has 0 aliphatic carbocycles. The van der Waals surface area contributed by atoms with E-state index in [0.29, 0.717) is 10.8 Å². The summed E-state index contributed by atoms with van der Waals surface area (Å²) in [5.41, 5.74) is 1.04. The lowest BCUT2D eigenvalue weighted by Gasteiger charge is -2.10. The molecule has 0 heterocycles. The van der Waals surface area contributed by atoms with E-state index in [1.54, 1.807) is 0 Å². The third kappa shape index (κ3) is 2.41. The molecule has 12 heavy (non-hydrogen) atoms. The first-order valence-electron chi connectivity index (χ1n) is 3.75. The van der Waals surface area contributed by atoms with Crippen molar-refractivity contribution in [2.75, 3.05) is 12.4 Å². The highest BCUT2D eigenvalue weighted by atomic mass is 35.5. The zero-order chi connectivity index (χ0) is 8.97. The second kappa shape index (κ2) is 4.75. The molecule has 66 valence electrons. The van der Waals surface area contributed by atoms with Gasteiger partial charge in [0.15, 0.2) is 0 Å². The molecule has 3 heteroatoms. The van der Waals surface area contributed by atoms with Gasteiger partial charge in [-0.1, -0.05) is 23.7 Å². The van der Waals surface area contributed by atoms with Gasteiger partial charge in [0.25, 0.3) is 0 Å². The third-order valence-corrected chi connectivity index (χ3v) is 2.44. The summed E-state index contributed by atoms with van der Waals surface area (Å²) >= 11 is 9.93. The van der Waals surface area contributed by atoms with Gasteiger partial charge in [0.05, 0.1) is 6.61 Å². The normalized spacial score (nSPS) is 12.9. The lowest BCUT2D eigenvalue weighted by molar-refractivity contribution is 0.275. The zero-order valence-electron chi connectivity index (χ0n) is 6.57. The van der Waals surface area contributed by atoms with Gasteiger partial charge in [-0.3, -0.25) is 0 Å². The van der Waals surface area contributed by atoms with Crippen LogP contribution in [0.15, 0.2) is 24.3 Å². The zero-order valence-corrected chi connectivity index (χ0v) is 8.22. The van der Waals surface area contributed by atoms with E-state index in [0.717, 1.165) is 5.56 Å². The quantitative estimate of drug-likeness (QED) is 0.722. The Kier molecular flexibility index (Phi) is 3.92. The molecule has 0 aromatic heterocycles. The number of rotatable bonds is 3. The number of aliphatic hydroxyl groups excluding tert-OH is 1. The smallest absolute Gasteiger partial charge is 0.0507 e. The molecule has 0 amide bonds. The number of aliphatic hydroxyl groups is 1. The molecule has 1 aromatic rings. The average Bonchev–Trinajstić information content (AvgIpc) is 2.07. The molecule has 0 aliphatic heterocycles. The van der Waals surface area contributed by atoms with Crippen molar-refractivity contribution in [1.29, 1.82) is 0 Å². The van der Waals surface area contributed by atoms with Crippen molar-refractivity contribution < 1.29 is 5.11 Å². The lowest BCUT2D eigenvalue weighted by atomic mass is 10.0. The number of thiol groups is 1. The highest BCUT2D eigenvalue weighted by Crippen LogP contribution is 2.19. The lowest BCUT2D eigenvalue weighted by Crippen LogP contribution is -2.05. The van der Waals surface area contributed by atoms with E-state index >= 15 is 0 Å². The maximum absolute atomic E-state index is 8.98. The van der Waals surface area contributed by atoms with Crippen LogP contribution < -0.4 is 0 Å². The predicted octanol–water partition coefficient (Wildman–Crippen LogP) is 2.35. The molecule has 1 nitrogen and oxygen atoms in total. The number of hydrogen-bond donors (Lipinski definition) is 2. The Hall–Kier alpha value is -0.180. The maximum atomic E-state index is 8.98. The Morgan fingerprint density at radius 3 is 2.75 bits per heavy atom. The van der Waals surface area contributed by atoms with Gasteiger partial charge in [-0.05, 0) is 23.4 Å². The summed E-state index contributed by atoms with van der Waals surface area (Å²) in [4.78, 5) is 0. The largest absolute Gasteiger partial charge is 0.396 e. The van der Waals surface area contributed by atoms with E-state index in [1.165, 1.54) is 0 Å². The van der Waals surface area contributed by atoms with Crippen LogP contribution in [-0.4, -0.2) is 17.5 Å². The van der Waals surface area contributed by atoms with E-state index in [4.69, 9.17) is 16.7 Å². The molecule has 1 unspecified atom stereocenters. The van der Waals surface area contributed by atoms with Gasteiger partial charge >= 0.3 is 0 Å². The molecule has 0 bridgehead atoms. The SMILES string of the molecule is OCC(CS)c1cccc(Cl)c1. The first kappa shape index (κ1) is 9.90. The van der Waals surface area contributed by atoms with Crippen LogP contribution in [0, 0.1) is 0 Å². The summed E-state index contributed by atoms with van der Waals surface area (Å²) in [7, 11) is 0. The van der Waals surface area contributed by atoms with Crippen molar-refractivity contribution in [3.63, 3.8) is 0 Å². The fraction of sp³-hybridized carbons (Fsp3) is 0.333. The molecule has 0 spiro atoms. The fourth-order valence-electron chi connectivity index (χ4n) is 1.03. The third-order valence-electron chi connectivity index (χ3n) is 1.76. The molecule has 1 aromatic carbocycles. The van der Waals surface area contributed by atoms with Crippen molar-refractivity contribution in [3.8, 4) is 0 Å². The molecular weight excluding hydrogens is 192 g/mol. The summed E-state index contributed by atoms with van der Waals surface area (Å²) in [6.07, 6.45) is 0. The first-order chi connectivity index (χ1) is 5.77. The Labute approximate surface area is 82.8 Å². The topological polar surface area (TPSA) is 20.2 Å². The van der Waals surface area contributed by atoms with Crippen LogP contribution in [-0.2, 0) is 0 Å². The van der Waals surface area contributed by atoms with Crippen LogP contribution in [0.1, 0.15) is 11.5 Å². The van der Waals surface area contributed by atoms with Gasteiger partial charge in [0.1, 0.15) is 0 Å². The minimum atomic E-state index is 0.0898. The number of hydrogen-bond acceptors (Lipinski definition) is 2. The summed E-state index contributed by atoms with van der Waals surface area (Å²) in [5, 5.41) is 9.68. The van der Waals surface area contributed by atoms with Crippen molar-refractivity contribution in [3.05, 3.63) is 34.9 Å². The minimum Gasteiger partial charge on any atom is -0.396 e. The number of benzene rings is 1. The monoisotopic (exact) mass is 202 g/mol. The first-order valence-corrected chi connectivity index (χ1v) is 4.76. The van der Waals surface area contributed by atoms with Gasteiger partial charge in [0.2, 0.25) is 0 Å². The van der Waals surface area contributed by atoms with Gasteiger partial charge in [-0.15, -0.1) is 0 Å². The van der Waals surface area contributed by atoms with Gasteiger partial charge in [-0.2, -0.15) is 12.6 Å². The van der Waals surface area contributed by atoms with Crippen molar-refractivity contribution >= 4 is 24.2 Å². The van der Waals surface area contributed by atoms with E-state index in [-0.39, 0.29) is 12.5 Å². The van der Waals surface area contributed by atoms with Crippen LogP contribution in [0.2, 0.25) is 5.02 Å². The van der Waals surface area contributed by atoms with E-state index in [9.17, 15) is 0 Å². The van der Waals surface area contributed by atoms with Crippen molar-refractivity contribution in [2.24, 2.45) is 0 Å². The second-order valence-corrected chi connectivity index (χ2v) is 3.42. The van der Waals surface area contributed by atoms with Crippen molar-refractivity contribution in [1.82, 2.24) is 0 Å². The fourth-order valence-corrected chi connectivity index (χ4v) is 1.55. The van der Waals surface area contributed by atoms with Crippen LogP contribution in [0.25, 0.3) is 0 Å². The van der Waals surface area contributed by atoms with Crippen LogP contribution >= 0.6 is 24.2 Å². The van der Waals surface area contributed by atoms with Gasteiger partial charge in [-0.25, -0.2) is 0 Å². The van der Waals surface area contributed by atoms with E-state index in [2.05, 4.69) is 12.6 Å².